The van der Waals surface area contributed by atoms with E-state index in [0.717, 1.165) is 17.7 Å². The number of nitrogens with zero attached hydrogens (tertiary/aromatic N) is 1. The molecule has 3 aromatic rings. The van der Waals surface area contributed by atoms with Crippen LogP contribution in [0.5, 0.6) is 5.75 Å². The van der Waals surface area contributed by atoms with E-state index in [-0.39, 0.29) is 21.7 Å². The van der Waals surface area contributed by atoms with Crippen molar-refractivity contribution in [1.29, 1.82) is 0 Å². The highest BCUT2D eigenvalue weighted by molar-refractivity contribution is 7.92. The van der Waals surface area contributed by atoms with Crippen LogP contribution in [-0.2, 0) is 9.84 Å². The van der Waals surface area contributed by atoms with Crippen molar-refractivity contribution in [2.24, 2.45) is 0 Å². The Morgan fingerprint density at radius 2 is 1.61 bits per heavy atom. The molecule has 0 N–H and O–H groups in total. The molecule has 0 aromatic heterocycles. The summed E-state index contributed by atoms with van der Waals surface area (Å²) in [5.74, 6) is -0.952. The third kappa shape index (κ3) is 5.32. The maximum atomic E-state index is 13.4. The van der Waals surface area contributed by atoms with E-state index < -0.39 is 38.0 Å². The first-order chi connectivity index (χ1) is 15.6. The van der Waals surface area contributed by atoms with Gasteiger partial charge in [0.15, 0.2) is 21.4 Å². The molecule has 0 aliphatic rings. The number of aryl methyl sites for hydroxylation is 1. The molecule has 170 valence electrons. The summed E-state index contributed by atoms with van der Waals surface area (Å²) < 4.78 is 31.9. The standard InChI is InChI=1S/C24H21NO7S/c1-16-6-12-21(13-7-16)33(30,31)23(15-22(26)18-4-3-5-20(14-18)32-2)24(27)17-8-10-19(11-9-17)25(28)29/h3-14,23H,15H2,1-2H3/t23-/m0/s1. The fraction of sp³-hybridized carbons (Fsp3) is 0.167. The molecule has 0 unspecified atom stereocenters. The first-order valence-electron chi connectivity index (χ1n) is 9.90. The lowest BCUT2D eigenvalue weighted by atomic mass is 10.0. The molecule has 0 aliphatic heterocycles. The van der Waals surface area contributed by atoms with Crippen molar-refractivity contribution >= 4 is 27.1 Å². The summed E-state index contributed by atoms with van der Waals surface area (Å²) in [5, 5.41) is 9.20. The second-order valence-corrected chi connectivity index (χ2v) is 9.50. The van der Waals surface area contributed by atoms with Crippen molar-refractivity contribution in [3.05, 3.63) is 99.6 Å². The van der Waals surface area contributed by atoms with Crippen LogP contribution in [0.25, 0.3) is 0 Å². The van der Waals surface area contributed by atoms with Crippen molar-refractivity contribution in [2.75, 3.05) is 7.11 Å². The monoisotopic (exact) mass is 467 g/mol. The normalized spacial score (nSPS) is 12.1. The maximum absolute atomic E-state index is 13.4. The van der Waals surface area contributed by atoms with E-state index in [1.165, 1.54) is 43.5 Å². The first-order valence-corrected chi connectivity index (χ1v) is 11.4. The van der Waals surface area contributed by atoms with E-state index in [9.17, 15) is 28.1 Å². The van der Waals surface area contributed by atoms with Crippen LogP contribution in [0.1, 0.15) is 32.7 Å². The van der Waals surface area contributed by atoms with Gasteiger partial charge >= 0.3 is 0 Å². The van der Waals surface area contributed by atoms with Crippen LogP contribution in [0.2, 0.25) is 0 Å². The van der Waals surface area contributed by atoms with Gasteiger partial charge in [-0.25, -0.2) is 8.42 Å². The molecule has 0 saturated carbocycles. The number of ether oxygens (including phenoxy) is 1. The lowest BCUT2D eigenvalue weighted by Gasteiger charge is -2.17. The van der Waals surface area contributed by atoms with Crippen LogP contribution < -0.4 is 4.74 Å². The van der Waals surface area contributed by atoms with Crippen LogP contribution in [0.15, 0.2) is 77.7 Å². The summed E-state index contributed by atoms with van der Waals surface area (Å²) in [6.45, 7) is 1.79. The zero-order valence-corrected chi connectivity index (χ0v) is 18.7. The van der Waals surface area contributed by atoms with Gasteiger partial charge in [0, 0.05) is 29.7 Å². The third-order valence-electron chi connectivity index (χ3n) is 5.14. The molecular weight excluding hydrogens is 446 g/mol. The van der Waals surface area contributed by atoms with E-state index >= 15 is 0 Å². The minimum Gasteiger partial charge on any atom is -0.497 e. The van der Waals surface area contributed by atoms with Gasteiger partial charge in [-0.3, -0.25) is 19.7 Å². The lowest BCUT2D eigenvalue weighted by Crippen LogP contribution is -2.33. The molecule has 0 radical (unpaired) electrons. The predicted octanol–water partition coefficient (Wildman–Crippen LogP) is 4.21. The number of ketones is 2. The number of benzene rings is 3. The molecule has 9 heteroatoms. The molecule has 0 bridgehead atoms. The van der Waals surface area contributed by atoms with E-state index in [2.05, 4.69) is 0 Å². The zero-order chi connectivity index (χ0) is 24.2. The minimum absolute atomic E-state index is 0.0419. The molecule has 0 saturated heterocycles. The second-order valence-electron chi connectivity index (χ2n) is 7.37. The number of hydrogen-bond donors (Lipinski definition) is 0. The largest absolute Gasteiger partial charge is 0.497 e. The van der Waals surface area contributed by atoms with Crippen LogP contribution in [-0.4, -0.2) is 37.3 Å². The molecule has 3 aromatic carbocycles. The highest BCUT2D eigenvalue weighted by Gasteiger charge is 2.36. The van der Waals surface area contributed by atoms with Gasteiger partial charge in [-0.05, 0) is 43.3 Å². The van der Waals surface area contributed by atoms with Crippen LogP contribution >= 0.6 is 0 Å². The van der Waals surface area contributed by atoms with Crippen LogP contribution in [0, 0.1) is 17.0 Å². The Bertz CT molecular complexity index is 1300. The predicted molar refractivity (Wildman–Crippen MR) is 122 cm³/mol. The van der Waals surface area contributed by atoms with E-state index in [0.29, 0.717) is 5.75 Å². The fourth-order valence-electron chi connectivity index (χ4n) is 3.25. The molecular formula is C24H21NO7S. The van der Waals surface area contributed by atoms with Gasteiger partial charge in [-0.1, -0.05) is 29.8 Å². The Labute approximate surface area is 190 Å². The summed E-state index contributed by atoms with van der Waals surface area (Å²) in [5.41, 5.74) is 0.756. The third-order valence-corrected chi connectivity index (χ3v) is 7.20. The SMILES string of the molecule is COc1cccc(C(=O)C[C@@H](C(=O)c2ccc([N+](=O)[O-])cc2)S(=O)(=O)c2ccc(C)cc2)c1. The van der Waals surface area contributed by atoms with Crippen LogP contribution in [0.3, 0.4) is 0 Å². The number of nitro groups is 1. The average molecular weight is 467 g/mol. The summed E-state index contributed by atoms with van der Waals surface area (Å²) in [6.07, 6.45) is -0.598. The summed E-state index contributed by atoms with van der Waals surface area (Å²) in [7, 11) is -2.81. The van der Waals surface area contributed by atoms with Gasteiger partial charge in [0.25, 0.3) is 5.69 Å². The van der Waals surface area contributed by atoms with Gasteiger partial charge < -0.3 is 4.74 Å². The Balaban J connectivity index is 2.03. The number of sulfone groups is 1. The van der Waals surface area contributed by atoms with Gasteiger partial charge in [0.2, 0.25) is 0 Å². The van der Waals surface area contributed by atoms with E-state index in [4.69, 9.17) is 4.74 Å². The highest BCUT2D eigenvalue weighted by atomic mass is 32.2. The molecule has 0 heterocycles. The Morgan fingerprint density at radius 3 is 2.18 bits per heavy atom. The van der Waals surface area contributed by atoms with Gasteiger partial charge in [-0.2, -0.15) is 0 Å². The summed E-state index contributed by atoms with van der Waals surface area (Å²) in [4.78, 5) is 36.4. The van der Waals surface area contributed by atoms with E-state index in [1.807, 2.05) is 0 Å². The smallest absolute Gasteiger partial charge is 0.269 e. The summed E-state index contributed by atoms with van der Waals surface area (Å²) in [6, 6.07) is 16.8. The molecule has 0 fully saturated rings. The van der Waals surface area contributed by atoms with Crippen molar-refractivity contribution in [2.45, 2.75) is 23.5 Å². The van der Waals surface area contributed by atoms with Crippen molar-refractivity contribution in [3.8, 4) is 5.75 Å². The summed E-state index contributed by atoms with van der Waals surface area (Å²) >= 11 is 0. The van der Waals surface area contributed by atoms with E-state index in [1.54, 1.807) is 31.2 Å². The number of Topliss-reactive ketones (excluding diaryl/α,β-unsaturated/α-hetero) is 2. The molecule has 0 spiro atoms. The van der Waals surface area contributed by atoms with Crippen molar-refractivity contribution < 1.29 is 27.7 Å². The number of non-ortho nitro benzene ring substituents is 1. The number of hydrogen-bond acceptors (Lipinski definition) is 7. The maximum Gasteiger partial charge on any atom is 0.269 e. The number of carbonyl (C=O) groups excluding carboxylic acids is 2. The minimum atomic E-state index is -4.25. The first kappa shape index (κ1) is 23.8. The Hall–Kier alpha value is -3.85. The van der Waals surface area contributed by atoms with Gasteiger partial charge in [-0.15, -0.1) is 0 Å². The fourth-order valence-corrected chi connectivity index (χ4v) is 4.88. The van der Waals surface area contributed by atoms with Crippen molar-refractivity contribution in [1.82, 2.24) is 0 Å². The molecule has 8 nitrogen and oxygen atoms in total. The van der Waals surface area contributed by atoms with Crippen molar-refractivity contribution in [3.63, 3.8) is 0 Å². The lowest BCUT2D eigenvalue weighted by molar-refractivity contribution is -0.384. The topological polar surface area (TPSA) is 121 Å². The van der Waals surface area contributed by atoms with Gasteiger partial charge in [0.1, 0.15) is 11.0 Å². The highest BCUT2D eigenvalue weighted by Crippen LogP contribution is 2.26. The quantitative estimate of drug-likeness (QED) is 0.262. The molecule has 0 aliphatic carbocycles. The molecule has 0 amide bonds. The molecule has 3 rings (SSSR count). The molecule has 33 heavy (non-hydrogen) atoms. The Morgan fingerprint density at radius 1 is 0.970 bits per heavy atom. The number of carbonyl (C=O) groups is 2. The number of nitro benzene ring substituents is 1. The second kappa shape index (κ2) is 9.74. The van der Waals surface area contributed by atoms with Crippen LogP contribution in [0.4, 0.5) is 5.69 Å². The average Bonchev–Trinajstić information content (AvgIpc) is 2.82. The molecule has 1 atom stereocenters. The Kier molecular flexibility index (Phi) is 7.03. The number of rotatable bonds is 9. The zero-order valence-electron chi connectivity index (χ0n) is 17.9. The number of methoxy groups -OCH3 is 1. The van der Waals surface area contributed by atoms with Gasteiger partial charge in [0.05, 0.1) is 16.9 Å².